The zero-order valence-electron chi connectivity index (χ0n) is 11.0. The molecule has 0 unspecified atom stereocenters. The molecule has 0 aromatic rings. The highest BCUT2D eigenvalue weighted by Gasteiger charge is 2.31. The molecular formula is C12H16N4O4. The van der Waals surface area contributed by atoms with Gasteiger partial charge in [-0.15, -0.1) is 0 Å². The molecule has 1 saturated carbocycles. The van der Waals surface area contributed by atoms with Gasteiger partial charge in [0, 0.05) is 5.41 Å². The molecule has 8 heteroatoms. The van der Waals surface area contributed by atoms with E-state index < -0.39 is 0 Å². The number of carbonyl (C=O) groups excluding carboxylic acids is 4. The topological polar surface area (TPSA) is 141 Å². The van der Waals surface area contributed by atoms with E-state index in [4.69, 9.17) is 20.4 Å². The van der Waals surface area contributed by atoms with Crippen molar-refractivity contribution in [3.63, 3.8) is 0 Å². The minimum Gasteiger partial charge on any atom is -0.222 e. The largest absolute Gasteiger partial charge is 0.234 e. The van der Waals surface area contributed by atoms with Crippen molar-refractivity contribution in [3.05, 3.63) is 0 Å². The minimum atomic E-state index is -0.0763. The molecule has 1 rings (SSSR count). The zero-order valence-corrected chi connectivity index (χ0v) is 11.0. The Labute approximate surface area is 116 Å². The minimum absolute atomic E-state index is 0.0763. The SMILES string of the molecule is N=C=O.N=C=O.O=C=NCC1(CN=C=O)CCCCC1. The van der Waals surface area contributed by atoms with Crippen LogP contribution >= 0.6 is 0 Å². The summed E-state index contributed by atoms with van der Waals surface area (Å²) in [5.74, 6) is 0. The van der Waals surface area contributed by atoms with Gasteiger partial charge in [-0.2, -0.15) is 0 Å². The number of nitrogens with one attached hydrogen (secondary N) is 2. The van der Waals surface area contributed by atoms with E-state index in [2.05, 4.69) is 9.98 Å². The van der Waals surface area contributed by atoms with Gasteiger partial charge in [-0.3, -0.25) is 0 Å². The molecule has 0 amide bonds. The molecule has 0 heterocycles. The Morgan fingerprint density at radius 1 is 0.800 bits per heavy atom. The predicted molar refractivity (Wildman–Crippen MR) is 68.3 cm³/mol. The van der Waals surface area contributed by atoms with Gasteiger partial charge in [0.05, 0.1) is 13.1 Å². The molecule has 108 valence electrons. The fraction of sp³-hybridized carbons (Fsp3) is 0.667. The average molecular weight is 280 g/mol. The van der Waals surface area contributed by atoms with Crippen LogP contribution in [0.3, 0.4) is 0 Å². The number of hydrogen-bond acceptors (Lipinski definition) is 8. The molecule has 1 fully saturated rings. The van der Waals surface area contributed by atoms with Gasteiger partial charge >= 0.3 is 0 Å². The second-order valence-corrected chi connectivity index (χ2v) is 4.08. The first-order valence-electron chi connectivity index (χ1n) is 5.81. The standard InChI is InChI=1S/C10H14N2O2.2CHNO/c13-8-11-6-10(7-12-9-14)4-2-1-3-5-10;2*2-1-3/h1-7H2;2*2H. The summed E-state index contributed by atoms with van der Waals surface area (Å²) in [6, 6.07) is 0. The predicted octanol–water partition coefficient (Wildman–Crippen LogP) is 1.41. The van der Waals surface area contributed by atoms with Crippen LogP contribution in [0.4, 0.5) is 0 Å². The maximum absolute atomic E-state index is 10.1. The highest BCUT2D eigenvalue weighted by Crippen LogP contribution is 2.36. The van der Waals surface area contributed by atoms with Crippen molar-refractivity contribution in [1.29, 1.82) is 10.8 Å². The monoisotopic (exact) mass is 280 g/mol. The molecule has 0 atom stereocenters. The van der Waals surface area contributed by atoms with Crippen LogP contribution in [-0.2, 0) is 19.2 Å². The van der Waals surface area contributed by atoms with Crippen LogP contribution in [0.2, 0.25) is 0 Å². The summed E-state index contributed by atoms with van der Waals surface area (Å²) < 4.78 is 0. The summed E-state index contributed by atoms with van der Waals surface area (Å²) in [5, 5.41) is 10.8. The quantitative estimate of drug-likeness (QED) is 0.593. The third-order valence-electron chi connectivity index (χ3n) is 2.87. The van der Waals surface area contributed by atoms with Crippen molar-refractivity contribution in [2.45, 2.75) is 32.1 Å². The van der Waals surface area contributed by atoms with E-state index in [0.29, 0.717) is 13.1 Å². The molecule has 1 aliphatic rings. The normalized spacial score (nSPS) is 14.2. The Kier molecular flexibility index (Phi) is 14.5. The van der Waals surface area contributed by atoms with Crippen molar-refractivity contribution in [2.75, 3.05) is 13.1 Å². The van der Waals surface area contributed by atoms with Crippen molar-refractivity contribution in [2.24, 2.45) is 15.4 Å². The van der Waals surface area contributed by atoms with Crippen molar-refractivity contribution in [3.8, 4) is 0 Å². The van der Waals surface area contributed by atoms with E-state index in [1.165, 1.54) is 6.42 Å². The summed E-state index contributed by atoms with van der Waals surface area (Å²) in [5.41, 5.74) is -0.0763. The molecule has 8 nitrogen and oxygen atoms in total. The number of aliphatic imine (C=N–C) groups is 2. The van der Waals surface area contributed by atoms with Crippen LogP contribution in [0.25, 0.3) is 0 Å². The van der Waals surface area contributed by atoms with Gasteiger partial charge < -0.3 is 0 Å². The summed E-state index contributed by atoms with van der Waals surface area (Å²) in [7, 11) is 0. The van der Waals surface area contributed by atoms with Gasteiger partial charge in [-0.1, -0.05) is 19.3 Å². The average Bonchev–Trinajstić information content (AvgIpc) is 2.46. The lowest BCUT2D eigenvalue weighted by Gasteiger charge is -2.33. The summed E-state index contributed by atoms with van der Waals surface area (Å²) in [6.45, 7) is 0.892. The Balaban J connectivity index is 0. The van der Waals surface area contributed by atoms with Gasteiger partial charge in [0.15, 0.2) is 0 Å². The van der Waals surface area contributed by atoms with Crippen LogP contribution in [-0.4, -0.2) is 37.4 Å². The molecule has 1 aliphatic carbocycles. The van der Waals surface area contributed by atoms with Gasteiger partial charge in [-0.05, 0) is 12.8 Å². The van der Waals surface area contributed by atoms with Crippen molar-refractivity contribution >= 4 is 24.3 Å². The number of rotatable bonds is 4. The molecule has 0 aromatic heterocycles. The van der Waals surface area contributed by atoms with Gasteiger partial charge in [0.1, 0.15) is 0 Å². The molecular weight excluding hydrogens is 264 g/mol. The molecule has 0 radical (unpaired) electrons. The first kappa shape index (κ1) is 19.9. The lowest BCUT2D eigenvalue weighted by atomic mass is 9.74. The Hall–Kier alpha value is -2.48. The van der Waals surface area contributed by atoms with Gasteiger partial charge in [0.25, 0.3) is 0 Å². The molecule has 0 saturated heterocycles. The lowest BCUT2D eigenvalue weighted by Crippen LogP contribution is -2.30. The van der Waals surface area contributed by atoms with Crippen LogP contribution < -0.4 is 0 Å². The summed E-state index contributed by atoms with van der Waals surface area (Å²) >= 11 is 0. The van der Waals surface area contributed by atoms with Crippen LogP contribution in [0.1, 0.15) is 32.1 Å². The smallest absolute Gasteiger partial charge is 0.222 e. The molecule has 20 heavy (non-hydrogen) atoms. The number of isocyanates is 4. The Morgan fingerprint density at radius 2 is 1.15 bits per heavy atom. The van der Waals surface area contributed by atoms with E-state index in [1.807, 2.05) is 0 Å². The van der Waals surface area contributed by atoms with Gasteiger partial charge in [-0.25, -0.2) is 40.0 Å². The second-order valence-electron chi connectivity index (χ2n) is 4.08. The molecule has 0 aromatic carbocycles. The molecule has 0 spiro atoms. The van der Waals surface area contributed by atoms with E-state index in [9.17, 15) is 9.59 Å². The molecule has 2 N–H and O–H groups in total. The third kappa shape index (κ3) is 10.7. The summed E-state index contributed by atoms with van der Waals surface area (Å²) in [4.78, 5) is 44.1. The maximum atomic E-state index is 10.1. The Bertz CT molecular complexity index is 385. The molecule has 0 bridgehead atoms. The van der Waals surface area contributed by atoms with Gasteiger partial charge in [0.2, 0.25) is 24.3 Å². The first-order valence-corrected chi connectivity index (χ1v) is 5.81. The fourth-order valence-electron chi connectivity index (χ4n) is 2.07. The third-order valence-corrected chi connectivity index (χ3v) is 2.87. The van der Waals surface area contributed by atoms with E-state index >= 15 is 0 Å². The van der Waals surface area contributed by atoms with E-state index in [-0.39, 0.29) is 5.41 Å². The maximum Gasteiger partial charge on any atom is 0.234 e. The Morgan fingerprint density at radius 3 is 1.45 bits per heavy atom. The lowest BCUT2D eigenvalue weighted by molar-refractivity contribution is 0.210. The fourth-order valence-corrected chi connectivity index (χ4v) is 2.07. The number of nitrogens with zero attached hydrogens (tertiary/aromatic N) is 2. The second kappa shape index (κ2) is 14.6. The van der Waals surface area contributed by atoms with Crippen molar-refractivity contribution < 1.29 is 19.2 Å². The summed E-state index contributed by atoms with van der Waals surface area (Å²) in [6.07, 6.45) is 10.1. The van der Waals surface area contributed by atoms with E-state index in [1.54, 1.807) is 12.2 Å². The van der Waals surface area contributed by atoms with Crippen molar-refractivity contribution in [1.82, 2.24) is 0 Å². The molecule has 0 aliphatic heterocycles. The number of hydrogen-bond donors (Lipinski definition) is 2. The van der Waals surface area contributed by atoms with Crippen LogP contribution in [0.5, 0.6) is 0 Å². The highest BCUT2D eigenvalue weighted by atomic mass is 16.1. The zero-order chi connectivity index (χ0) is 15.7. The van der Waals surface area contributed by atoms with Crippen LogP contribution in [0, 0.1) is 16.2 Å². The van der Waals surface area contributed by atoms with Crippen LogP contribution in [0.15, 0.2) is 9.98 Å². The highest BCUT2D eigenvalue weighted by molar-refractivity contribution is 5.34. The first-order chi connectivity index (χ1) is 9.66. The van der Waals surface area contributed by atoms with E-state index in [0.717, 1.165) is 37.8 Å².